The number of pyridine rings is 1. The average molecular weight is 304 g/mol. The molecule has 3 nitrogen and oxygen atoms in total. The molecule has 0 bridgehead atoms. The highest BCUT2D eigenvalue weighted by atomic mass is 35.5. The Morgan fingerprint density at radius 3 is 2.81 bits per heavy atom. The van der Waals surface area contributed by atoms with Gasteiger partial charge in [-0.15, -0.1) is 12.4 Å². The number of nitrogens with zero attached hydrogens (tertiary/aromatic N) is 3. The summed E-state index contributed by atoms with van der Waals surface area (Å²) in [6, 6.07) is 13.5. The van der Waals surface area contributed by atoms with E-state index in [1.807, 2.05) is 0 Å². The minimum absolute atomic E-state index is 0. The molecule has 2 aromatic rings. The Labute approximate surface area is 132 Å². The molecule has 1 aromatic heterocycles. The first-order valence-corrected chi connectivity index (χ1v) is 7.75. The molecule has 2 aliphatic heterocycles. The van der Waals surface area contributed by atoms with Crippen LogP contribution in [0.1, 0.15) is 19.3 Å². The van der Waals surface area contributed by atoms with Crippen LogP contribution in [-0.2, 0) is 0 Å². The van der Waals surface area contributed by atoms with Gasteiger partial charge in [-0.25, -0.2) is 4.98 Å². The first-order chi connectivity index (χ1) is 9.90. The van der Waals surface area contributed by atoms with Crippen LogP contribution in [0.2, 0.25) is 0 Å². The van der Waals surface area contributed by atoms with Crippen molar-refractivity contribution in [3.8, 4) is 0 Å². The van der Waals surface area contributed by atoms with E-state index in [9.17, 15) is 0 Å². The quantitative estimate of drug-likeness (QED) is 0.805. The Kier molecular flexibility index (Phi) is 4.32. The van der Waals surface area contributed by atoms with Gasteiger partial charge in [0.05, 0.1) is 5.52 Å². The van der Waals surface area contributed by atoms with Crippen molar-refractivity contribution in [2.24, 2.45) is 0 Å². The predicted octanol–water partition coefficient (Wildman–Crippen LogP) is 3.33. The van der Waals surface area contributed by atoms with Gasteiger partial charge < -0.3 is 4.90 Å². The number of benzene rings is 1. The topological polar surface area (TPSA) is 19.4 Å². The molecule has 2 aliphatic rings. The third-order valence-electron chi connectivity index (χ3n) is 4.75. The van der Waals surface area contributed by atoms with Gasteiger partial charge in [0, 0.05) is 31.1 Å². The number of piperazine rings is 1. The molecule has 0 amide bonds. The summed E-state index contributed by atoms with van der Waals surface area (Å²) in [7, 11) is 0. The first-order valence-electron chi connectivity index (χ1n) is 7.75. The molecule has 0 spiro atoms. The average Bonchev–Trinajstić information content (AvgIpc) is 2.54. The maximum Gasteiger partial charge on any atom is 0.129 e. The van der Waals surface area contributed by atoms with Crippen LogP contribution in [-0.4, -0.2) is 42.1 Å². The standard InChI is InChI=1S/C17H21N3.ClH/c1-2-7-16-14(5-1)8-9-17(18-16)20-12-11-19-10-4-3-6-15(19)13-20;/h1-2,5,7-9,15H,3-4,6,10-13H2;1H. The van der Waals surface area contributed by atoms with Gasteiger partial charge in [-0.3, -0.25) is 4.90 Å². The minimum Gasteiger partial charge on any atom is -0.354 e. The lowest BCUT2D eigenvalue weighted by molar-refractivity contribution is 0.133. The third-order valence-corrected chi connectivity index (χ3v) is 4.75. The van der Waals surface area contributed by atoms with Gasteiger partial charge in [0.1, 0.15) is 5.82 Å². The number of halogens is 1. The lowest BCUT2D eigenvalue weighted by atomic mass is 9.99. The third kappa shape index (κ3) is 2.85. The van der Waals surface area contributed by atoms with Gasteiger partial charge >= 0.3 is 0 Å². The van der Waals surface area contributed by atoms with Crippen molar-refractivity contribution in [3.63, 3.8) is 0 Å². The van der Waals surface area contributed by atoms with Gasteiger partial charge in [0.15, 0.2) is 0 Å². The highest BCUT2D eigenvalue weighted by molar-refractivity contribution is 5.85. The van der Waals surface area contributed by atoms with Crippen molar-refractivity contribution < 1.29 is 0 Å². The lowest BCUT2D eigenvalue weighted by Crippen LogP contribution is -2.55. The number of fused-ring (bicyclic) bond motifs is 2. The second kappa shape index (κ2) is 6.20. The number of rotatable bonds is 1. The Morgan fingerprint density at radius 1 is 0.952 bits per heavy atom. The molecule has 0 radical (unpaired) electrons. The fourth-order valence-electron chi connectivity index (χ4n) is 3.60. The molecule has 0 N–H and O–H groups in total. The lowest BCUT2D eigenvalue weighted by Gasteiger charge is -2.44. The van der Waals surface area contributed by atoms with E-state index in [1.165, 1.54) is 37.7 Å². The second-order valence-electron chi connectivity index (χ2n) is 5.99. The summed E-state index contributed by atoms with van der Waals surface area (Å²) in [6.07, 6.45) is 4.12. The van der Waals surface area contributed by atoms with E-state index in [4.69, 9.17) is 4.98 Å². The molecule has 4 rings (SSSR count). The first kappa shape index (κ1) is 14.6. The molecule has 1 unspecified atom stereocenters. The Morgan fingerprint density at radius 2 is 1.86 bits per heavy atom. The number of piperidine rings is 1. The van der Waals surface area contributed by atoms with E-state index in [0.717, 1.165) is 30.5 Å². The number of para-hydroxylation sites is 1. The number of aromatic nitrogens is 1. The summed E-state index contributed by atoms with van der Waals surface area (Å²) >= 11 is 0. The van der Waals surface area contributed by atoms with Crippen LogP contribution in [0.25, 0.3) is 10.9 Å². The summed E-state index contributed by atoms with van der Waals surface area (Å²) in [6.45, 7) is 4.75. The highest BCUT2D eigenvalue weighted by Crippen LogP contribution is 2.25. The zero-order chi connectivity index (χ0) is 13.4. The van der Waals surface area contributed by atoms with Crippen molar-refractivity contribution >= 4 is 29.1 Å². The SMILES string of the molecule is Cl.c1ccc2nc(N3CCN4CCCCC4C3)ccc2c1. The number of hydrogen-bond acceptors (Lipinski definition) is 3. The maximum absolute atomic E-state index is 4.84. The van der Waals surface area contributed by atoms with Crippen LogP contribution in [0, 0.1) is 0 Å². The number of anilines is 1. The highest BCUT2D eigenvalue weighted by Gasteiger charge is 2.29. The van der Waals surface area contributed by atoms with E-state index in [0.29, 0.717) is 0 Å². The molecule has 112 valence electrons. The second-order valence-corrected chi connectivity index (χ2v) is 5.99. The van der Waals surface area contributed by atoms with E-state index >= 15 is 0 Å². The fraction of sp³-hybridized carbons (Fsp3) is 0.471. The Balaban J connectivity index is 0.00000132. The maximum atomic E-state index is 4.84. The van der Waals surface area contributed by atoms with Crippen LogP contribution >= 0.6 is 12.4 Å². The summed E-state index contributed by atoms with van der Waals surface area (Å²) in [5.74, 6) is 1.15. The van der Waals surface area contributed by atoms with Crippen molar-refractivity contribution in [3.05, 3.63) is 36.4 Å². The molecule has 0 aliphatic carbocycles. The summed E-state index contributed by atoms with van der Waals surface area (Å²) in [5.41, 5.74) is 1.11. The monoisotopic (exact) mass is 303 g/mol. The van der Waals surface area contributed by atoms with Crippen molar-refractivity contribution in [1.82, 2.24) is 9.88 Å². The smallest absolute Gasteiger partial charge is 0.129 e. The van der Waals surface area contributed by atoms with Gasteiger partial charge in [-0.2, -0.15) is 0 Å². The Bertz CT molecular complexity index is 616. The molecule has 4 heteroatoms. The van der Waals surface area contributed by atoms with E-state index in [1.54, 1.807) is 0 Å². The zero-order valence-corrected chi connectivity index (χ0v) is 13.1. The Hall–Kier alpha value is -1.32. The largest absolute Gasteiger partial charge is 0.354 e. The van der Waals surface area contributed by atoms with Crippen LogP contribution < -0.4 is 4.90 Å². The molecule has 3 heterocycles. The molecular formula is C17H22ClN3. The van der Waals surface area contributed by atoms with Crippen molar-refractivity contribution in [2.45, 2.75) is 25.3 Å². The predicted molar refractivity (Wildman–Crippen MR) is 90.4 cm³/mol. The summed E-state index contributed by atoms with van der Waals surface area (Å²) in [4.78, 5) is 9.98. The van der Waals surface area contributed by atoms with Gasteiger partial charge in [-0.1, -0.05) is 24.6 Å². The van der Waals surface area contributed by atoms with Crippen LogP contribution in [0.4, 0.5) is 5.82 Å². The minimum atomic E-state index is 0. The van der Waals surface area contributed by atoms with Crippen molar-refractivity contribution in [2.75, 3.05) is 31.1 Å². The molecular weight excluding hydrogens is 282 g/mol. The normalized spacial score (nSPS) is 22.7. The van der Waals surface area contributed by atoms with Crippen LogP contribution in [0.15, 0.2) is 36.4 Å². The van der Waals surface area contributed by atoms with Gasteiger partial charge in [0.25, 0.3) is 0 Å². The van der Waals surface area contributed by atoms with Gasteiger partial charge in [0.2, 0.25) is 0 Å². The summed E-state index contributed by atoms with van der Waals surface area (Å²) in [5, 5.41) is 1.23. The summed E-state index contributed by atoms with van der Waals surface area (Å²) < 4.78 is 0. The van der Waals surface area contributed by atoms with Crippen molar-refractivity contribution in [1.29, 1.82) is 0 Å². The molecule has 2 saturated heterocycles. The number of hydrogen-bond donors (Lipinski definition) is 0. The molecule has 21 heavy (non-hydrogen) atoms. The van der Waals surface area contributed by atoms with E-state index < -0.39 is 0 Å². The van der Waals surface area contributed by atoms with Gasteiger partial charge in [-0.05, 0) is 37.6 Å². The fourth-order valence-corrected chi connectivity index (χ4v) is 3.60. The van der Waals surface area contributed by atoms with E-state index in [2.05, 4.69) is 46.2 Å². The molecule has 1 atom stereocenters. The van der Waals surface area contributed by atoms with E-state index in [-0.39, 0.29) is 12.4 Å². The zero-order valence-electron chi connectivity index (χ0n) is 12.2. The van der Waals surface area contributed by atoms with Crippen LogP contribution in [0.5, 0.6) is 0 Å². The van der Waals surface area contributed by atoms with Crippen LogP contribution in [0.3, 0.4) is 0 Å². The molecule has 1 aromatic carbocycles. The molecule has 0 saturated carbocycles. The molecule has 2 fully saturated rings.